The van der Waals surface area contributed by atoms with Crippen LogP contribution in [0, 0.1) is 0 Å². The molecular weight excluding hydrogens is 230 g/mol. The van der Waals surface area contributed by atoms with Gasteiger partial charge in [0.25, 0.3) is 0 Å². The fourth-order valence-corrected chi connectivity index (χ4v) is 1.12. The molecule has 88 valence electrons. The number of ketones is 1. The maximum atomic E-state index is 11.6. The normalized spacial score (nSPS) is 11.1. The van der Waals surface area contributed by atoms with Crippen molar-refractivity contribution in [3.05, 3.63) is 35.9 Å². The Morgan fingerprint density at radius 2 is 1.88 bits per heavy atom. The molecule has 0 radical (unpaired) electrons. The largest absolute Gasteiger partial charge is 0.464 e. The lowest BCUT2D eigenvalue weighted by molar-refractivity contribution is -0.143. The molecule has 0 aliphatic carbocycles. The molecule has 1 unspecified atom stereocenters. The summed E-state index contributed by atoms with van der Waals surface area (Å²) in [5.74, 6) is -1.11. The lowest BCUT2D eigenvalue weighted by Crippen LogP contribution is -2.40. The van der Waals surface area contributed by atoms with E-state index < -0.39 is 17.8 Å². The predicted octanol–water partition coefficient (Wildman–Crippen LogP) is 1.18. The highest BCUT2D eigenvalue weighted by Crippen LogP contribution is 2.03. The topological polar surface area (TPSA) is 69.4 Å². The van der Waals surface area contributed by atoms with E-state index in [0.29, 0.717) is 5.56 Å². The molecule has 1 atom stereocenters. The van der Waals surface area contributed by atoms with Crippen molar-refractivity contribution < 1.29 is 14.3 Å². The molecular formula is C11H14ClNO3. The molecule has 0 amide bonds. The number of hydrogen-bond acceptors (Lipinski definition) is 4. The first kappa shape index (κ1) is 14.6. The van der Waals surface area contributed by atoms with E-state index >= 15 is 0 Å². The Balaban J connectivity index is 0.00000225. The van der Waals surface area contributed by atoms with E-state index in [-0.39, 0.29) is 19.0 Å². The number of halogens is 1. The van der Waals surface area contributed by atoms with Gasteiger partial charge in [0.15, 0.2) is 11.8 Å². The Morgan fingerprint density at radius 1 is 1.31 bits per heavy atom. The molecule has 0 aliphatic heterocycles. The molecule has 0 aromatic heterocycles. The molecule has 5 heteroatoms. The summed E-state index contributed by atoms with van der Waals surface area (Å²) in [6, 6.07) is 7.21. The van der Waals surface area contributed by atoms with Gasteiger partial charge in [0.2, 0.25) is 0 Å². The number of hydrogen-bond donors (Lipinski definition) is 1. The van der Waals surface area contributed by atoms with E-state index in [1.807, 2.05) is 0 Å². The molecule has 0 heterocycles. The maximum absolute atomic E-state index is 11.6. The average molecular weight is 244 g/mol. The Kier molecular flexibility index (Phi) is 6.37. The zero-order valence-electron chi connectivity index (χ0n) is 8.88. The first-order valence-electron chi connectivity index (χ1n) is 4.68. The van der Waals surface area contributed by atoms with E-state index in [4.69, 9.17) is 5.73 Å². The third-order valence-electron chi connectivity index (χ3n) is 1.88. The van der Waals surface area contributed by atoms with Crippen molar-refractivity contribution in [3.63, 3.8) is 0 Å². The second-order valence-corrected chi connectivity index (χ2v) is 2.96. The molecule has 0 saturated carbocycles. The second kappa shape index (κ2) is 6.98. The zero-order chi connectivity index (χ0) is 11.3. The van der Waals surface area contributed by atoms with Gasteiger partial charge in [-0.25, -0.2) is 4.79 Å². The molecule has 1 aromatic rings. The number of Topliss-reactive ketones (excluding diaryl/α,β-unsaturated/α-hetero) is 1. The number of nitrogens with two attached hydrogens (primary N) is 1. The number of esters is 1. The Bertz CT molecular complexity index is 354. The van der Waals surface area contributed by atoms with Gasteiger partial charge in [-0.3, -0.25) is 4.79 Å². The highest BCUT2D eigenvalue weighted by Gasteiger charge is 2.24. The number of carbonyl (C=O) groups is 2. The van der Waals surface area contributed by atoms with Crippen molar-refractivity contribution in [2.45, 2.75) is 13.0 Å². The van der Waals surface area contributed by atoms with Crippen LogP contribution >= 0.6 is 12.4 Å². The van der Waals surface area contributed by atoms with E-state index in [1.54, 1.807) is 37.3 Å². The summed E-state index contributed by atoms with van der Waals surface area (Å²) in [6.45, 7) is 1.88. The average Bonchev–Trinajstić information content (AvgIpc) is 2.28. The van der Waals surface area contributed by atoms with E-state index in [9.17, 15) is 9.59 Å². The first-order chi connectivity index (χ1) is 7.16. The van der Waals surface area contributed by atoms with Gasteiger partial charge in [-0.1, -0.05) is 30.3 Å². The fourth-order valence-electron chi connectivity index (χ4n) is 1.12. The smallest absolute Gasteiger partial charge is 0.331 e. The summed E-state index contributed by atoms with van der Waals surface area (Å²) in [5.41, 5.74) is 5.87. The minimum absolute atomic E-state index is 0. The molecule has 0 aliphatic rings. The highest BCUT2D eigenvalue weighted by atomic mass is 35.5. The van der Waals surface area contributed by atoms with Gasteiger partial charge in [0, 0.05) is 5.56 Å². The summed E-state index contributed by atoms with van der Waals surface area (Å²) in [6.07, 6.45) is 0. The van der Waals surface area contributed by atoms with Crippen LogP contribution in [0.15, 0.2) is 30.3 Å². The summed E-state index contributed by atoms with van der Waals surface area (Å²) in [4.78, 5) is 22.8. The molecule has 0 bridgehead atoms. The molecule has 0 fully saturated rings. The monoisotopic (exact) mass is 243 g/mol. The highest BCUT2D eigenvalue weighted by molar-refractivity contribution is 6.11. The molecule has 1 aromatic carbocycles. The van der Waals surface area contributed by atoms with Gasteiger partial charge in [-0.05, 0) is 6.92 Å². The SMILES string of the molecule is CCOC(=O)C(N)C(=O)c1ccccc1.Cl. The first-order valence-corrected chi connectivity index (χ1v) is 4.68. The number of benzene rings is 1. The van der Waals surface area contributed by atoms with Gasteiger partial charge >= 0.3 is 5.97 Å². The van der Waals surface area contributed by atoms with E-state index in [0.717, 1.165) is 0 Å². The van der Waals surface area contributed by atoms with Gasteiger partial charge in [-0.2, -0.15) is 0 Å². The van der Waals surface area contributed by atoms with Crippen LogP contribution < -0.4 is 5.73 Å². The summed E-state index contributed by atoms with van der Waals surface area (Å²) < 4.78 is 4.66. The Morgan fingerprint density at radius 3 is 2.38 bits per heavy atom. The van der Waals surface area contributed by atoms with E-state index in [2.05, 4.69) is 4.74 Å². The quantitative estimate of drug-likeness (QED) is 0.490. The van der Waals surface area contributed by atoms with Gasteiger partial charge in [0.05, 0.1) is 6.61 Å². The van der Waals surface area contributed by atoms with Crippen molar-refractivity contribution in [2.75, 3.05) is 6.61 Å². The maximum Gasteiger partial charge on any atom is 0.331 e. The van der Waals surface area contributed by atoms with Crippen molar-refractivity contribution in [1.82, 2.24) is 0 Å². The van der Waals surface area contributed by atoms with Gasteiger partial charge in [-0.15, -0.1) is 12.4 Å². The standard InChI is InChI=1S/C11H13NO3.ClH/c1-2-15-11(14)9(12)10(13)8-6-4-3-5-7-8;/h3-7,9H,2,12H2,1H3;1H. The third-order valence-corrected chi connectivity index (χ3v) is 1.88. The molecule has 1 rings (SSSR count). The van der Waals surface area contributed by atoms with Gasteiger partial charge in [0.1, 0.15) is 0 Å². The zero-order valence-corrected chi connectivity index (χ0v) is 9.70. The van der Waals surface area contributed by atoms with Crippen LogP contribution in [0.1, 0.15) is 17.3 Å². The minimum Gasteiger partial charge on any atom is -0.464 e. The number of rotatable bonds is 4. The van der Waals surface area contributed by atoms with E-state index in [1.165, 1.54) is 0 Å². The predicted molar refractivity (Wildman–Crippen MR) is 62.6 cm³/mol. The van der Waals surface area contributed by atoms with Crippen LogP contribution in [0.2, 0.25) is 0 Å². The van der Waals surface area contributed by atoms with Gasteiger partial charge < -0.3 is 10.5 Å². The lowest BCUT2D eigenvalue weighted by Gasteiger charge is -2.08. The van der Waals surface area contributed by atoms with Crippen LogP contribution in [0.25, 0.3) is 0 Å². The number of carbonyl (C=O) groups excluding carboxylic acids is 2. The van der Waals surface area contributed by atoms with Crippen molar-refractivity contribution in [1.29, 1.82) is 0 Å². The van der Waals surface area contributed by atoms with Crippen LogP contribution in [-0.4, -0.2) is 24.4 Å². The lowest BCUT2D eigenvalue weighted by atomic mass is 10.1. The molecule has 4 nitrogen and oxygen atoms in total. The summed E-state index contributed by atoms with van der Waals surface area (Å²) in [7, 11) is 0. The van der Waals surface area contributed by atoms with Crippen molar-refractivity contribution in [3.8, 4) is 0 Å². The fraction of sp³-hybridized carbons (Fsp3) is 0.273. The molecule has 0 saturated heterocycles. The Labute approximate surface area is 100 Å². The Hall–Kier alpha value is -1.39. The minimum atomic E-state index is -1.23. The molecule has 16 heavy (non-hydrogen) atoms. The van der Waals surface area contributed by atoms with Crippen LogP contribution in [-0.2, 0) is 9.53 Å². The molecule has 0 spiro atoms. The molecule has 2 N–H and O–H groups in total. The van der Waals surface area contributed by atoms with Crippen molar-refractivity contribution >= 4 is 24.2 Å². The number of ether oxygens (including phenoxy) is 1. The van der Waals surface area contributed by atoms with Crippen LogP contribution in [0.3, 0.4) is 0 Å². The summed E-state index contributed by atoms with van der Waals surface area (Å²) >= 11 is 0. The van der Waals surface area contributed by atoms with Crippen LogP contribution in [0.4, 0.5) is 0 Å². The van der Waals surface area contributed by atoms with Crippen LogP contribution in [0.5, 0.6) is 0 Å². The van der Waals surface area contributed by atoms with Crippen molar-refractivity contribution in [2.24, 2.45) is 5.73 Å². The second-order valence-electron chi connectivity index (χ2n) is 2.96. The third kappa shape index (κ3) is 3.64. The summed E-state index contributed by atoms with van der Waals surface area (Å²) in [5, 5.41) is 0.